The van der Waals surface area contributed by atoms with E-state index in [2.05, 4.69) is 30.8 Å². The van der Waals surface area contributed by atoms with Crippen LogP contribution >= 0.6 is 0 Å². The van der Waals surface area contributed by atoms with E-state index < -0.39 is 18.1 Å². The third kappa shape index (κ3) is 4.67. The standard InChI is InChI=1S/C28H30N2O6/c1-2-15-34-27(32)29-13-11-19(12-14-29)16-25-26(31)36-18-30(25)28(33)35-17-24-22-9-5-3-7-20(22)21-8-4-6-10-23(21)24/h2-10,19,24-25H,1,11-18H2/t25-/m0/s1. The lowest BCUT2D eigenvalue weighted by Crippen LogP contribution is -2.43. The summed E-state index contributed by atoms with van der Waals surface area (Å²) in [5, 5.41) is 0. The van der Waals surface area contributed by atoms with Gasteiger partial charge >= 0.3 is 18.2 Å². The van der Waals surface area contributed by atoms with E-state index in [1.54, 1.807) is 4.90 Å². The molecule has 2 heterocycles. The molecule has 1 aliphatic carbocycles. The number of rotatable bonds is 6. The molecule has 8 nitrogen and oxygen atoms in total. The predicted octanol–water partition coefficient (Wildman–Crippen LogP) is 4.55. The van der Waals surface area contributed by atoms with Crippen LogP contribution in [-0.4, -0.2) is 67.0 Å². The van der Waals surface area contributed by atoms with Gasteiger partial charge in [0.2, 0.25) is 0 Å². The van der Waals surface area contributed by atoms with Crippen LogP contribution in [0.3, 0.4) is 0 Å². The highest BCUT2D eigenvalue weighted by atomic mass is 16.6. The molecule has 2 aromatic rings. The maximum atomic E-state index is 13.1. The second-order valence-electron chi connectivity index (χ2n) is 9.41. The largest absolute Gasteiger partial charge is 0.448 e. The summed E-state index contributed by atoms with van der Waals surface area (Å²) < 4.78 is 16.1. The fourth-order valence-electron chi connectivity index (χ4n) is 5.42. The smallest absolute Gasteiger partial charge is 0.413 e. The predicted molar refractivity (Wildman–Crippen MR) is 132 cm³/mol. The average Bonchev–Trinajstić information content (AvgIpc) is 3.43. The fraction of sp³-hybridized carbons (Fsp3) is 0.393. The van der Waals surface area contributed by atoms with Crippen LogP contribution in [0.25, 0.3) is 11.1 Å². The Morgan fingerprint density at radius 2 is 1.61 bits per heavy atom. The number of fused-ring (bicyclic) bond motifs is 3. The van der Waals surface area contributed by atoms with Crippen molar-refractivity contribution in [1.29, 1.82) is 0 Å². The van der Waals surface area contributed by atoms with Gasteiger partial charge in [-0.05, 0) is 47.4 Å². The summed E-state index contributed by atoms with van der Waals surface area (Å²) in [6.45, 7) is 4.92. The van der Waals surface area contributed by atoms with Crippen LogP contribution in [0.4, 0.5) is 9.59 Å². The van der Waals surface area contributed by atoms with Gasteiger partial charge in [-0.25, -0.2) is 14.4 Å². The molecule has 1 atom stereocenters. The van der Waals surface area contributed by atoms with Gasteiger partial charge in [-0.3, -0.25) is 4.90 Å². The van der Waals surface area contributed by atoms with E-state index in [1.165, 1.54) is 11.0 Å². The van der Waals surface area contributed by atoms with Crippen LogP contribution in [0, 0.1) is 5.92 Å². The fourth-order valence-corrected chi connectivity index (χ4v) is 5.42. The molecule has 0 N–H and O–H groups in total. The molecule has 2 saturated heterocycles. The Bertz CT molecular complexity index is 1110. The van der Waals surface area contributed by atoms with Crippen molar-refractivity contribution in [3.05, 3.63) is 72.3 Å². The summed E-state index contributed by atoms with van der Waals surface area (Å²) in [6, 6.07) is 15.6. The highest BCUT2D eigenvalue weighted by Gasteiger charge is 2.41. The molecule has 0 saturated carbocycles. The first-order chi connectivity index (χ1) is 17.6. The Hall–Kier alpha value is -3.81. The zero-order chi connectivity index (χ0) is 25.1. The van der Waals surface area contributed by atoms with Crippen molar-refractivity contribution in [2.24, 2.45) is 5.92 Å². The van der Waals surface area contributed by atoms with E-state index in [9.17, 15) is 14.4 Å². The van der Waals surface area contributed by atoms with Gasteiger partial charge in [0, 0.05) is 19.0 Å². The zero-order valence-corrected chi connectivity index (χ0v) is 20.1. The number of piperidine rings is 1. The topological polar surface area (TPSA) is 85.4 Å². The molecule has 2 aliphatic heterocycles. The second kappa shape index (κ2) is 10.4. The zero-order valence-electron chi connectivity index (χ0n) is 20.1. The molecule has 0 radical (unpaired) electrons. The molecule has 188 valence electrons. The molecule has 0 spiro atoms. The highest BCUT2D eigenvalue weighted by Crippen LogP contribution is 2.44. The van der Waals surface area contributed by atoms with Crippen LogP contribution in [0.2, 0.25) is 0 Å². The first kappa shape index (κ1) is 23.9. The van der Waals surface area contributed by atoms with E-state index >= 15 is 0 Å². The summed E-state index contributed by atoms with van der Waals surface area (Å²) in [6.07, 6.45) is 2.58. The Balaban J connectivity index is 1.18. The van der Waals surface area contributed by atoms with Gasteiger partial charge in [0.05, 0.1) is 0 Å². The Morgan fingerprint density at radius 3 is 2.25 bits per heavy atom. The van der Waals surface area contributed by atoms with Gasteiger partial charge in [0.1, 0.15) is 19.3 Å². The Morgan fingerprint density at radius 1 is 0.972 bits per heavy atom. The van der Waals surface area contributed by atoms with Crippen molar-refractivity contribution in [1.82, 2.24) is 9.80 Å². The monoisotopic (exact) mass is 490 g/mol. The van der Waals surface area contributed by atoms with E-state index in [4.69, 9.17) is 14.2 Å². The molecule has 0 unspecified atom stereocenters. The normalized spacial score (nSPS) is 19.4. The highest BCUT2D eigenvalue weighted by molar-refractivity contribution is 5.84. The number of hydrogen-bond acceptors (Lipinski definition) is 6. The van der Waals surface area contributed by atoms with E-state index in [-0.39, 0.29) is 37.9 Å². The van der Waals surface area contributed by atoms with Crippen molar-refractivity contribution in [2.45, 2.75) is 31.2 Å². The molecular weight excluding hydrogens is 460 g/mol. The first-order valence-electron chi connectivity index (χ1n) is 12.4. The number of benzene rings is 2. The minimum Gasteiger partial charge on any atom is -0.448 e. The molecule has 3 aliphatic rings. The van der Waals surface area contributed by atoms with E-state index in [1.807, 2.05) is 24.3 Å². The molecule has 2 fully saturated rings. The van der Waals surface area contributed by atoms with Crippen molar-refractivity contribution >= 4 is 18.2 Å². The van der Waals surface area contributed by atoms with Crippen LogP contribution in [0.5, 0.6) is 0 Å². The number of hydrogen-bond donors (Lipinski definition) is 0. The average molecular weight is 491 g/mol. The van der Waals surface area contributed by atoms with Crippen LogP contribution in [-0.2, 0) is 19.0 Å². The van der Waals surface area contributed by atoms with Crippen molar-refractivity contribution in [3.8, 4) is 11.1 Å². The van der Waals surface area contributed by atoms with E-state index in [0.29, 0.717) is 19.5 Å². The molecule has 2 aromatic carbocycles. The van der Waals surface area contributed by atoms with Gasteiger partial charge < -0.3 is 19.1 Å². The number of cyclic esters (lactones) is 1. The Kier molecular flexibility index (Phi) is 6.93. The lowest BCUT2D eigenvalue weighted by Gasteiger charge is -2.32. The molecule has 0 bridgehead atoms. The number of amides is 2. The van der Waals surface area contributed by atoms with Gasteiger partial charge in [-0.15, -0.1) is 0 Å². The molecule has 0 aromatic heterocycles. The quantitative estimate of drug-likeness (QED) is 0.336. The molecule has 36 heavy (non-hydrogen) atoms. The summed E-state index contributed by atoms with van der Waals surface area (Å²) in [7, 11) is 0. The number of ether oxygens (including phenoxy) is 3. The first-order valence-corrected chi connectivity index (χ1v) is 12.4. The third-order valence-corrected chi connectivity index (χ3v) is 7.32. The lowest BCUT2D eigenvalue weighted by atomic mass is 9.90. The number of carbonyl (C=O) groups excluding carboxylic acids is 3. The van der Waals surface area contributed by atoms with Crippen molar-refractivity contribution in [2.75, 3.05) is 33.0 Å². The Labute approximate surface area is 210 Å². The van der Waals surface area contributed by atoms with Crippen molar-refractivity contribution in [3.63, 3.8) is 0 Å². The van der Waals surface area contributed by atoms with Gasteiger partial charge in [0.15, 0.2) is 6.73 Å². The maximum Gasteiger partial charge on any atom is 0.413 e. The summed E-state index contributed by atoms with van der Waals surface area (Å²) in [5.41, 5.74) is 4.59. The minimum absolute atomic E-state index is 0.0517. The lowest BCUT2D eigenvalue weighted by molar-refractivity contribution is -0.139. The third-order valence-electron chi connectivity index (χ3n) is 7.32. The second-order valence-corrected chi connectivity index (χ2v) is 9.41. The van der Waals surface area contributed by atoms with Crippen LogP contribution in [0.1, 0.15) is 36.3 Å². The summed E-state index contributed by atoms with van der Waals surface area (Å²) in [5.74, 6) is -0.270. The SMILES string of the molecule is C=CCOC(=O)N1CCC(C[C@H]2C(=O)OCN2C(=O)OCC2c3ccccc3-c3ccccc32)CC1. The maximum absolute atomic E-state index is 13.1. The summed E-state index contributed by atoms with van der Waals surface area (Å²) >= 11 is 0. The molecule has 2 amide bonds. The van der Waals surface area contributed by atoms with Gasteiger partial charge in [-0.2, -0.15) is 0 Å². The number of carbonyl (C=O) groups is 3. The van der Waals surface area contributed by atoms with Crippen molar-refractivity contribution < 1.29 is 28.6 Å². The van der Waals surface area contributed by atoms with Gasteiger partial charge in [0.25, 0.3) is 0 Å². The van der Waals surface area contributed by atoms with Crippen LogP contribution < -0.4 is 0 Å². The number of likely N-dealkylation sites (tertiary alicyclic amines) is 1. The molecule has 5 rings (SSSR count). The molecular formula is C28H30N2O6. The molecule has 8 heteroatoms. The van der Waals surface area contributed by atoms with E-state index in [0.717, 1.165) is 35.1 Å². The minimum atomic E-state index is -0.676. The number of nitrogens with zero attached hydrogens (tertiary/aromatic N) is 2. The van der Waals surface area contributed by atoms with Gasteiger partial charge in [-0.1, -0.05) is 61.2 Å². The summed E-state index contributed by atoms with van der Waals surface area (Å²) in [4.78, 5) is 40.6. The number of esters is 1. The van der Waals surface area contributed by atoms with Crippen LogP contribution in [0.15, 0.2) is 61.2 Å².